The van der Waals surface area contributed by atoms with Crippen molar-refractivity contribution in [1.29, 1.82) is 0 Å². The van der Waals surface area contributed by atoms with Crippen LogP contribution >= 0.6 is 0 Å². The lowest BCUT2D eigenvalue weighted by molar-refractivity contribution is 0.0883. The predicted octanol–water partition coefficient (Wildman–Crippen LogP) is 2.97. The van der Waals surface area contributed by atoms with Crippen LogP contribution in [0.25, 0.3) is 10.9 Å². The monoisotopic (exact) mass is 381 g/mol. The molecule has 3 aromatic rings. The number of nitrogens with zero attached hydrogens (tertiary/aromatic N) is 2. The molecule has 7 nitrogen and oxygen atoms in total. The molecule has 4 rings (SSSR count). The molecule has 1 saturated heterocycles. The molecule has 0 aliphatic carbocycles. The van der Waals surface area contributed by atoms with Crippen LogP contribution in [0.5, 0.6) is 0 Å². The number of carbonyl (C=O) groups is 1. The first kappa shape index (κ1) is 18.4. The Bertz CT molecular complexity index is 1050. The van der Waals surface area contributed by atoms with Gasteiger partial charge in [0.2, 0.25) is 0 Å². The number of benzene rings is 1. The molecule has 146 valence electrons. The number of amides is 1. The fourth-order valence-corrected chi connectivity index (χ4v) is 3.59. The van der Waals surface area contributed by atoms with Crippen LogP contribution < -0.4 is 10.9 Å². The minimum absolute atomic E-state index is 0.0614. The van der Waals surface area contributed by atoms with Gasteiger partial charge in [-0.25, -0.2) is 4.79 Å². The number of hydrogen-bond donors (Lipinski definition) is 1. The van der Waals surface area contributed by atoms with Crippen LogP contribution in [0.2, 0.25) is 0 Å². The maximum Gasteiger partial charge on any atom is 0.349 e. The Hall–Kier alpha value is -2.93. The molecule has 1 aliphatic rings. The first-order valence-corrected chi connectivity index (χ1v) is 9.58. The lowest BCUT2D eigenvalue weighted by Gasteiger charge is -2.11. The Labute approximate surface area is 162 Å². The van der Waals surface area contributed by atoms with E-state index in [0.29, 0.717) is 37.4 Å². The van der Waals surface area contributed by atoms with Crippen molar-refractivity contribution in [2.75, 3.05) is 13.2 Å². The third kappa shape index (κ3) is 3.71. The number of aryl methyl sites for hydroxylation is 2. The summed E-state index contributed by atoms with van der Waals surface area (Å²) in [7, 11) is 0. The lowest BCUT2D eigenvalue weighted by Crippen LogP contribution is -2.31. The largest absolute Gasteiger partial charge is 0.424 e. The number of fused-ring (bicyclic) bond motifs is 1. The fraction of sp³-hybridized carbons (Fsp3) is 0.381. The molecule has 1 fully saturated rings. The van der Waals surface area contributed by atoms with Crippen LogP contribution in [-0.4, -0.2) is 28.8 Å². The van der Waals surface area contributed by atoms with Gasteiger partial charge in [0.1, 0.15) is 17.4 Å². The molecule has 1 atom stereocenters. The van der Waals surface area contributed by atoms with Crippen molar-refractivity contribution in [1.82, 2.24) is 15.1 Å². The average molecular weight is 381 g/mol. The SMILES string of the molecule is Cc1cc(C2CCCO2)oc(=O)c1C(=O)NCCCn1ncc2ccccc21. The van der Waals surface area contributed by atoms with E-state index in [4.69, 9.17) is 9.15 Å². The van der Waals surface area contributed by atoms with Gasteiger partial charge in [0.25, 0.3) is 5.91 Å². The van der Waals surface area contributed by atoms with Crippen LogP contribution in [0.3, 0.4) is 0 Å². The normalized spacial score (nSPS) is 16.5. The second kappa shape index (κ2) is 7.98. The van der Waals surface area contributed by atoms with E-state index >= 15 is 0 Å². The number of para-hydroxylation sites is 1. The summed E-state index contributed by atoms with van der Waals surface area (Å²) < 4.78 is 12.8. The smallest absolute Gasteiger partial charge is 0.349 e. The Morgan fingerprint density at radius 2 is 2.21 bits per heavy atom. The third-order valence-corrected chi connectivity index (χ3v) is 5.03. The maximum absolute atomic E-state index is 12.5. The van der Waals surface area contributed by atoms with Gasteiger partial charge < -0.3 is 14.5 Å². The van der Waals surface area contributed by atoms with E-state index in [-0.39, 0.29) is 11.7 Å². The van der Waals surface area contributed by atoms with Crippen molar-refractivity contribution in [3.05, 3.63) is 63.8 Å². The van der Waals surface area contributed by atoms with Gasteiger partial charge in [-0.1, -0.05) is 18.2 Å². The van der Waals surface area contributed by atoms with E-state index in [1.165, 1.54) is 0 Å². The average Bonchev–Trinajstić information content (AvgIpc) is 3.35. The van der Waals surface area contributed by atoms with E-state index in [1.807, 2.05) is 35.1 Å². The Kier molecular flexibility index (Phi) is 5.25. The van der Waals surface area contributed by atoms with E-state index in [0.717, 1.165) is 23.7 Å². The minimum Gasteiger partial charge on any atom is -0.424 e. The summed E-state index contributed by atoms with van der Waals surface area (Å²) in [5.41, 5.74) is 1.12. The van der Waals surface area contributed by atoms with Crippen LogP contribution in [0.15, 0.2) is 45.7 Å². The van der Waals surface area contributed by atoms with Crippen molar-refractivity contribution in [3.63, 3.8) is 0 Å². The highest BCUT2D eigenvalue weighted by Crippen LogP contribution is 2.28. The van der Waals surface area contributed by atoms with Crippen LogP contribution in [0, 0.1) is 6.92 Å². The topological polar surface area (TPSA) is 86.4 Å². The van der Waals surface area contributed by atoms with Gasteiger partial charge >= 0.3 is 5.63 Å². The molecule has 1 amide bonds. The van der Waals surface area contributed by atoms with Crippen molar-refractivity contribution < 1.29 is 13.9 Å². The number of aromatic nitrogens is 2. The molecule has 28 heavy (non-hydrogen) atoms. The second-order valence-corrected chi connectivity index (χ2v) is 7.03. The lowest BCUT2D eigenvalue weighted by atomic mass is 10.1. The van der Waals surface area contributed by atoms with Gasteiger partial charge in [-0.3, -0.25) is 9.48 Å². The zero-order chi connectivity index (χ0) is 19.5. The van der Waals surface area contributed by atoms with Crippen LogP contribution in [0.1, 0.15) is 47.0 Å². The Morgan fingerprint density at radius 1 is 1.36 bits per heavy atom. The molecule has 3 heterocycles. The zero-order valence-corrected chi connectivity index (χ0v) is 15.8. The predicted molar refractivity (Wildman–Crippen MR) is 104 cm³/mol. The van der Waals surface area contributed by atoms with Gasteiger partial charge in [-0.05, 0) is 43.9 Å². The Morgan fingerprint density at radius 3 is 3.00 bits per heavy atom. The zero-order valence-electron chi connectivity index (χ0n) is 15.8. The molecule has 1 aliphatic heterocycles. The van der Waals surface area contributed by atoms with E-state index in [2.05, 4.69) is 10.4 Å². The molecule has 1 unspecified atom stereocenters. The summed E-state index contributed by atoms with van der Waals surface area (Å²) in [4.78, 5) is 24.8. The highest BCUT2D eigenvalue weighted by Gasteiger charge is 2.24. The molecule has 7 heteroatoms. The molecule has 0 saturated carbocycles. The van der Waals surface area contributed by atoms with E-state index in [1.54, 1.807) is 13.0 Å². The second-order valence-electron chi connectivity index (χ2n) is 7.03. The first-order chi connectivity index (χ1) is 13.6. The minimum atomic E-state index is -0.610. The highest BCUT2D eigenvalue weighted by atomic mass is 16.5. The van der Waals surface area contributed by atoms with Crippen molar-refractivity contribution >= 4 is 16.8 Å². The van der Waals surface area contributed by atoms with Crippen LogP contribution in [-0.2, 0) is 11.3 Å². The molecule has 0 radical (unpaired) electrons. The standard InChI is InChI=1S/C21H23N3O4/c1-14-12-18(17-8-4-11-27-17)28-21(26)19(14)20(25)22-9-5-10-24-16-7-3-2-6-15(16)13-23-24/h2-3,6-7,12-13,17H,4-5,8-11H2,1H3,(H,22,25). The molecule has 1 aromatic carbocycles. The molecular formula is C21H23N3O4. The first-order valence-electron chi connectivity index (χ1n) is 9.58. The van der Waals surface area contributed by atoms with Crippen molar-refractivity contribution in [2.24, 2.45) is 0 Å². The summed E-state index contributed by atoms with van der Waals surface area (Å²) in [6, 6.07) is 9.73. The highest BCUT2D eigenvalue weighted by molar-refractivity contribution is 5.95. The van der Waals surface area contributed by atoms with E-state index in [9.17, 15) is 9.59 Å². The van der Waals surface area contributed by atoms with Gasteiger partial charge in [-0.15, -0.1) is 0 Å². The molecule has 1 N–H and O–H groups in total. The van der Waals surface area contributed by atoms with E-state index < -0.39 is 11.5 Å². The maximum atomic E-state index is 12.5. The van der Waals surface area contributed by atoms with Gasteiger partial charge in [-0.2, -0.15) is 5.10 Å². The molecule has 0 bridgehead atoms. The van der Waals surface area contributed by atoms with Gasteiger partial charge in [0.05, 0.1) is 11.7 Å². The number of carbonyl (C=O) groups excluding carboxylic acids is 1. The summed E-state index contributed by atoms with van der Waals surface area (Å²) in [6.45, 7) is 3.54. The summed E-state index contributed by atoms with van der Waals surface area (Å²) >= 11 is 0. The van der Waals surface area contributed by atoms with Gasteiger partial charge in [0, 0.05) is 25.1 Å². The number of rotatable bonds is 6. The van der Waals surface area contributed by atoms with Crippen LogP contribution in [0.4, 0.5) is 0 Å². The Balaban J connectivity index is 1.36. The third-order valence-electron chi connectivity index (χ3n) is 5.03. The molecule has 0 spiro atoms. The number of ether oxygens (including phenoxy) is 1. The molecular weight excluding hydrogens is 358 g/mol. The fourth-order valence-electron chi connectivity index (χ4n) is 3.59. The quantitative estimate of drug-likeness (QED) is 0.664. The van der Waals surface area contributed by atoms with Crippen molar-refractivity contribution in [3.8, 4) is 0 Å². The number of hydrogen-bond acceptors (Lipinski definition) is 5. The van der Waals surface area contributed by atoms with Gasteiger partial charge in [0.15, 0.2) is 0 Å². The number of nitrogens with one attached hydrogen (secondary N) is 1. The van der Waals surface area contributed by atoms with Crippen molar-refractivity contribution in [2.45, 2.75) is 38.8 Å². The summed E-state index contributed by atoms with van der Waals surface area (Å²) in [6.07, 6.45) is 4.12. The summed E-state index contributed by atoms with van der Waals surface area (Å²) in [5.74, 6) is 0.0950. The molecule has 2 aromatic heterocycles. The summed E-state index contributed by atoms with van der Waals surface area (Å²) in [5, 5.41) is 8.27.